The van der Waals surface area contributed by atoms with Crippen molar-refractivity contribution in [2.45, 2.75) is 25.6 Å². The number of hydrogen-bond acceptors (Lipinski definition) is 8. The predicted molar refractivity (Wildman–Crippen MR) is 146 cm³/mol. The number of carbonyl (C=O) groups excluding carboxylic acids is 3. The lowest BCUT2D eigenvalue weighted by Gasteiger charge is -2.31. The molecule has 0 bridgehead atoms. The molecule has 1 fully saturated rings. The first-order chi connectivity index (χ1) is 20.0. The number of nitrogens with one attached hydrogen (secondary N) is 1. The van der Waals surface area contributed by atoms with Gasteiger partial charge in [0, 0.05) is 48.5 Å². The fourth-order valence-electron chi connectivity index (χ4n) is 4.73. The van der Waals surface area contributed by atoms with E-state index in [9.17, 15) is 44.5 Å². The first-order valence-corrected chi connectivity index (χ1v) is 12.7. The molecule has 3 aromatic carbocycles. The molecule has 0 spiro atoms. The molecule has 42 heavy (non-hydrogen) atoms. The van der Waals surface area contributed by atoms with Crippen LogP contribution in [0.25, 0.3) is 0 Å². The van der Waals surface area contributed by atoms with E-state index in [0.29, 0.717) is 0 Å². The lowest BCUT2D eigenvalue weighted by Crippen LogP contribution is -2.54. The molecule has 0 aromatic heterocycles. The van der Waals surface area contributed by atoms with Crippen LogP contribution in [0.2, 0.25) is 0 Å². The topological polar surface area (TPSA) is 193 Å². The Kier molecular flexibility index (Phi) is 8.55. The smallest absolute Gasteiger partial charge is 0.305 e. The van der Waals surface area contributed by atoms with Crippen LogP contribution in [0.5, 0.6) is 0 Å². The third-order valence-corrected chi connectivity index (χ3v) is 6.68. The summed E-state index contributed by atoms with van der Waals surface area (Å²) in [6.07, 6.45) is -2.20. The van der Waals surface area contributed by atoms with Gasteiger partial charge in [0.15, 0.2) is 6.17 Å². The van der Waals surface area contributed by atoms with Crippen molar-refractivity contribution in [2.24, 2.45) is 0 Å². The standard InChI is InChI=1S/C28H25N5O9/c1-17-5-2-7-19(13-17)27(37)30-11-12-31(28(38)20-8-4-10-22(15-20)33(41)42)26(30)25(36)29-23(16-24(34)35)18-6-3-9-21(14-18)32(39)40/h2-10,13-15,23,26H,11-12,16H2,1H3,(H,29,36)(H,34,35). The lowest BCUT2D eigenvalue weighted by molar-refractivity contribution is -0.385. The molecule has 0 radical (unpaired) electrons. The number of nitro groups is 2. The van der Waals surface area contributed by atoms with Crippen LogP contribution in [0.1, 0.15) is 44.3 Å². The van der Waals surface area contributed by atoms with E-state index in [1.165, 1.54) is 36.4 Å². The zero-order valence-corrected chi connectivity index (χ0v) is 22.2. The Morgan fingerprint density at radius 2 is 1.38 bits per heavy atom. The second kappa shape index (κ2) is 12.2. The van der Waals surface area contributed by atoms with Crippen LogP contribution in [0, 0.1) is 27.2 Å². The summed E-state index contributed by atoms with van der Waals surface area (Å²) < 4.78 is 0. The van der Waals surface area contributed by atoms with Crippen molar-refractivity contribution in [3.05, 3.63) is 115 Å². The number of hydrogen-bond donors (Lipinski definition) is 2. The van der Waals surface area contributed by atoms with Crippen molar-refractivity contribution >= 4 is 35.1 Å². The van der Waals surface area contributed by atoms with Crippen LogP contribution in [0.15, 0.2) is 72.8 Å². The Bertz CT molecular complexity index is 1590. The highest BCUT2D eigenvalue weighted by atomic mass is 16.6. The molecule has 0 aliphatic carbocycles. The number of amides is 3. The van der Waals surface area contributed by atoms with E-state index in [1.807, 2.05) is 0 Å². The van der Waals surface area contributed by atoms with Crippen molar-refractivity contribution in [1.29, 1.82) is 0 Å². The number of carboxylic acids is 1. The zero-order chi connectivity index (χ0) is 30.6. The third-order valence-electron chi connectivity index (χ3n) is 6.68. The highest BCUT2D eigenvalue weighted by molar-refractivity contribution is 6.02. The monoisotopic (exact) mass is 575 g/mol. The van der Waals surface area contributed by atoms with Crippen molar-refractivity contribution in [3.63, 3.8) is 0 Å². The van der Waals surface area contributed by atoms with Gasteiger partial charge in [-0.05, 0) is 30.7 Å². The van der Waals surface area contributed by atoms with E-state index in [2.05, 4.69) is 5.32 Å². The molecule has 1 saturated heterocycles. The van der Waals surface area contributed by atoms with Gasteiger partial charge in [0.2, 0.25) is 0 Å². The van der Waals surface area contributed by atoms with Gasteiger partial charge in [-0.3, -0.25) is 39.4 Å². The third kappa shape index (κ3) is 6.38. The minimum Gasteiger partial charge on any atom is -0.481 e. The van der Waals surface area contributed by atoms with Crippen LogP contribution in [0.3, 0.4) is 0 Å². The fourth-order valence-corrected chi connectivity index (χ4v) is 4.73. The van der Waals surface area contributed by atoms with Crippen LogP contribution < -0.4 is 5.32 Å². The first-order valence-electron chi connectivity index (χ1n) is 12.7. The van der Waals surface area contributed by atoms with Gasteiger partial charge in [0.05, 0.1) is 22.3 Å². The molecule has 0 saturated carbocycles. The Hall–Kier alpha value is -5.66. The van der Waals surface area contributed by atoms with Gasteiger partial charge in [0.25, 0.3) is 29.1 Å². The van der Waals surface area contributed by atoms with E-state index in [1.54, 1.807) is 31.2 Å². The molecule has 1 aliphatic rings. The fraction of sp³-hybridized carbons (Fsp3) is 0.214. The Balaban J connectivity index is 1.72. The minimum absolute atomic E-state index is 0.0636. The molecule has 1 aliphatic heterocycles. The number of carboxylic acid groups (broad SMARTS) is 1. The van der Waals surface area contributed by atoms with E-state index >= 15 is 0 Å². The molecule has 4 rings (SSSR count). The SMILES string of the molecule is Cc1cccc(C(=O)N2CCN(C(=O)c3cccc([N+](=O)[O-])c3)C2C(=O)NC(CC(=O)O)c2cccc([N+](=O)[O-])c2)c1. The van der Waals surface area contributed by atoms with Crippen LogP contribution in [0.4, 0.5) is 11.4 Å². The van der Waals surface area contributed by atoms with Gasteiger partial charge < -0.3 is 20.2 Å². The van der Waals surface area contributed by atoms with E-state index in [-0.39, 0.29) is 41.2 Å². The van der Waals surface area contributed by atoms with Crippen molar-refractivity contribution in [2.75, 3.05) is 13.1 Å². The summed E-state index contributed by atoms with van der Waals surface area (Å²) >= 11 is 0. The summed E-state index contributed by atoms with van der Waals surface area (Å²) in [5.74, 6) is -3.55. The molecule has 216 valence electrons. The number of nitro benzene ring substituents is 2. The van der Waals surface area contributed by atoms with Gasteiger partial charge in [-0.1, -0.05) is 35.9 Å². The summed E-state index contributed by atoms with van der Waals surface area (Å²) in [6.45, 7) is 1.61. The molecule has 3 amide bonds. The molecular weight excluding hydrogens is 550 g/mol. The summed E-state index contributed by atoms with van der Waals surface area (Å²) in [6, 6.07) is 15.4. The molecule has 14 nitrogen and oxygen atoms in total. The molecule has 3 aromatic rings. The van der Waals surface area contributed by atoms with Gasteiger partial charge in [-0.2, -0.15) is 0 Å². The summed E-state index contributed by atoms with van der Waals surface area (Å²) in [5.41, 5.74) is 0.396. The van der Waals surface area contributed by atoms with E-state index in [4.69, 9.17) is 0 Å². The van der Waals surface area contributed by atoms with Crippen molar-refractivity contribution < 1.29 is 34.1 Å². The van der Waals surface area contributed by atoms with Crippen LogP contribution in [-0.4, -0.2) is 67.7 Å². The molecular formula is C28H25N5O9. The second-order valence-electron chi connectivity index (χ2n) is 9.56. The highest BCUT2D eigenvalue weighted by Gasteiger charge is 2.44. The maximum atomic E-state index is 13.8. The maximum absolute atomic E-state index is 13.8. The number of carbonyl (C=O) groups is 4. The van der Waals surface area contributed by atoms with E-state index < -0.39 is 52.2 Å². The normalized spacial score (nSPS) is 15.1. The van der Waals surface area contributed by atoms with E-state index in [0.717, 1.165) is 27.5 Å². The Morgan fingerprint density at radius 3 is 1.93 bits per heavy atom. The summed E-state index contributed by atoms with van der Waals surface area (Å²) in [4.78, 5) is 76.1. The number of nitrogens with zero attached hydrogens (tertiary/aromatic N) is 4. The molecule has 2 unspecified atom stereocenters. The zero-order valence-electron chi connectivity index (χ0n) is 22.2. The summed E-state index contributed by atoms with van der Waals surface area (Å²) in [5, 5.41) is 34.6. The van der Waals surface area contributed by atoms with Crippen LogP contribution in [-0.2, 0) is 9.59 Å². The number of aliphatic carboxylic acids is 1. The molecule has 1 heterocycles. The van der Waals surface area contributed by atoms with Gasteiger partial charge in [-0.15, -0.1) is 0 Å². The van der Waals surface area contributed by atoms with Crippen molar-refractivity contribution in [1.82, 2.24) is 15.1 Å². The number of aryl methyl sites for hydroxylation is 1. The molecule has 2 N–H and O–H groups in total. The number of benzene rings is 3. The predicted octanol–water partition coefficient (Wildman–Crippen LogP) is 3.07. The quantitative estimate of drug-likeness (QED) is 0.285. The van der Waals surface area contributed by atoms with Gasteiger partial charge in [-0.25, -0.2) is 0 Å². The largest absolute Gasteiger partial charge is 0.481 e. The van der Waals surface area contributed by atoms with Gasteiger partial charge >= 0.3 is 5.97 Å². The van der Waals surface area contributed by atoms with Crippen molar-refractivity contribution in [3.8, 4) is 0 Å². The number of non-ortho nitro benzene ring substituents is 2. The second-order valence-corrected chi connectivity index (χ2v) is 9.56. The maximum Gasteiger partial charge on any atom is 0.305 e. The summed E-state index contributed by atoms with van der Waals surface area (Å²) in [7, 11) is 0. The Labute approximate surface area is 238 Å². The number of rotatable bonds is 9. The van der Waals surface area contributed by atoms with Gasteiger partial charge in [0.1, 0.15) is 0 Å². The molecule has 14 heteroatoms. The first kappa shape index (κ1) is 29.3. The Morgan fingerprint density at radius 1 is 0.857 bits per heavy atom. The highest BCUT2D eigenvalue weighted by Crippen LogP contribution is 2.26. The average molecular weight is 576 g/mol. The molecule has 2 atom stereocenters. The minimum atomic E-state index is -1.56. The average Bonchev–Trinajstić information content (AvgIpc) is 3.41. The van der Waals surface area contributed by atoms with Crippen LogP contribution >= 0.6 is 0 Å². The lowest BCUT2D eigenvalue weighted by atomic mass is 10.0.